The third kappa shape index (κ3) is 3.80. The molecule has 2 heterocycles. The number of hydrogen-bond acceptors (Lipinski definition) is 6. The van der Waals surface area contributed by atoms with Crippen molar-refractivity contribution < 1.29 is 14.2 Å². The molecule has 0 radical (unpaired) electrons. The van der Waals surface area contributed by atoms with Gasteiger partial charge in [0, 0.05) is 20.2 Å². The minimum Gasteiger partial charge on any atom is -0.477 e. The summed E-state index contributed by atoms with van der Waals surface area (Å²) in [6, 6.07) is 0. The average Bonchev–Trinajstić information content (AvgIpc) is 2.38. The Balaban J connectivity index is 2.15. The number of morpholine rings is 1. The van der Waals surface area contributed by atoms with Crippen molar-refractivity contribution in [2.24, 2.45) is 0 Å². The van der Waals surface area contributed by atoms with Crippen molar-refractivity contribution in [3.63, 3.8) is 0 Å². The van der Waals surface area contributed by atoms with E-state index in [0.717, 1.165) is 18.9 Å². The molecular weight excluding hydrogens is 258 g/mol. The second kappa shape index (κ2) is 6.37. The maximum Gasteiger partial charge on any atom is 0.234 e. The SMILES string of the molecule is CCOc1cncc(N2C[C@H](COC)OC(C)(C)C2)n1. The third-order valence-electron chi connectivity index (χ3n) is 3.05. The lowest BCUT2D eigenvalue weighted by atomic mass is 10.1. The smallest absolute Gasteiger partial charge is 0.234 e. The molecule has 1 aliphatic rings. The molecule has 1 aliphatic heterocycles. The van der Waals surface area contributed by atoms with E-state index in [-0.39, 0.29) is 11.7 Å². The maximum atomic E-state index is 6.00. The average molecular weight is 281 g/mol. The molecular formula is C14H23N3O3. The molecule has 6 nitrogen and oxygen atoms in total. The molecule has 1 saturated heterocycles. The Morgan fingerprint density at radius 2 is 2.25 bits per heavy atom. The second-order valence-electron chi connectivity index (χ2n) is 5.48. The molecule has 0 saturated carbocycles. The lowest BCUT2D eigenvalue weighted by molar-refractivity contribution is -0.106. The zero-order valence-corrected chi connectivity index (χ0v) is 12.6. The Bertz CT molecular complexity index is 439. The fraction of sp³-hybridized carbons (Fsp3) is 0.714. The highest BCUT2D eigenvalue weighted by Gasteiger charge is 2.34. The van der Waals surface area contributed by atoms with Crippen LogP contribution < -0.4 is 9.64 Å². The van der Waals surface area contributed by atoms with E-state index in [1.165, 1.54) is 0 Å². The van der Waals surface area contributed by atoms with E-state index in [1.807, 2.05) is 6.92 Å². The highest BCUT2D eigenvalue weighted by Crippen LogP contribution is 2.25. The van der Waals surface area contributed by atoms with Crippen LogP contribution in [0.4, 0.5) is 5.82 Å². The van der Waals surface area contributed by atoms with Gasteiger partial charge in [-0.25, -0.2) is 0 Å². The molecule has 1 aromatic heterocycles. The number of aromatic nitrogens is 2. The first-order valence-corrected chi connectivity index (χ1v) is 6.90. The highest BCUT2D eigenvalue weighted by atomic mass is 16.5. The van der Waals surface area contributed by atoms with Crippen LogP contribution in [-0.4, -0.2) is 55.1 Å². The van der Waals surface area contributed by atoms with Crippen LogP contribution in [0, 0.1) is 0 Å². The van der Waals surface area contributed by atoms with Gasteiger partial charge in [-0.1, -0.05) is 0 Å². The molecule has 6 heteroatoms. The quantitative estimate of drug-likeness (QED) is 0.815. The largest absolute Gasteiger partial charge is 0.477 e. The minimum atomic E-state index is -0.245. The highest BCUT2D eigenvalue weighted by molar-refractivity contribution is 5.39. The van der Waals surface area contributed by atoms with E-state index < -0.39 is 0 Å². The van der Waals surface area contributed by atoms with Crippen molar-refractivity contribution in [2.75, 3.05) is 38.3 Å². The van der Waals surface area contributed by atoms with Crippen molar-refractivity contribution in [2.45, 2.75) is 32.5 Å². The summed E-state index contributed by atoms with van der Waals surface area (Å²) in [5.41, 5.74) is -0.245. The normalized spacial score (nSPS) is 21.8. The van der Waals surface area contributed by atoms with Crippen molar-refractivity contribution in [3.05, 3.63) is 12.4 Å². The zero-order valence-electron chi connectivity index (χ0n) is 12.6. The van der Waals surface area contributed by atoms with Gasteiger partial charge in [-0.05, 0) is 20.8 Å². The summed E-state index contributed by atoms with van der Waals surface area (Å²) < 4.78 is 16.6. The number of hydrogen-bond donors (Lipinski definition) is 0. The fourth-order valence-electron chi connectivity index (χ4n) is 2.45. The molecule has 2 rings (SSSR count). The van der Waals surface area contributed by atoms with Gasteiger partial charge in [0.1, 0.15) is 0 Å². The Labute approximate surface area is 120 Å². The van der Waals surface area contributed by atoms with Crippen LogP contribution in [0.15, 0.2) is 12.4 Å². The van der Waals surface area contributed by atoms with Crippen molar-refractivity contribution >= 4 is 5.82 Å². The minimum absolute atomic E-state index is 0.0290. The topological polar surface area (TPSA) is 56.7 Å². The molecule has 0 N–H and O–H groups in total. The summed E-state index contributed by atoms with van der Waals surface area (Å²) in [6.45, 7) is 8.72. The number of anilines is 1. The van der Waals surface area contributed by atoms with Crippen LogP contribution in [0.1, 0.15) is 20.8 Å². The Hall–Kier alpha value is -1.40. The van der Waals surface area contributed by atoms with Crippen LogP contribution in [0.2, 0.25) is 0 Å². The van der Waals surface area contributed by atoms with E-state index in [4.69, 9.17) is 14.2 Å². The molecule has 0 aromatic carbocycles. The van der Waals surface area contributed by atoms with Crippen LogP contribution >= 0.6 is 0 Å². The van der Waals surface area contributed by atoms with E-state index in [9.17, 15) is 0 Å². The van der Waals surface area contributed by atoms with Crippen LogP contribution in [0.3, 0.4) is 0 Å². The van der Waals surface area contributed by atoms with Crippen LogP contribution in [0.5, 0.6) is 5.88 Å². The number of rotatable bonds is 5. The zero-order chi connectivity index (χ0) is 14.6. The number of nitrogens with zero attached hydrogens (tertiary/aromatic N) is 3. The van der Waals surface area contributed by atoms with Crippen LogP contribution in [0.25, 0.3) is 0 Å². The fourth-order valence-corrected chi connectivity index (χ4v) is 2.45. The van der Waals surface area contributed by atoms with Crippen molar-refractivity contribution in [3.8, 4) is 5.88 Å². The predicted molar refractivity (Wildman–Crippen MR) is 76.2 cm³/mol. The first-order valence-electron chi connectivity index (χ1n) is 6.90. The standard InChI is InChI=1S/C14H23N3O3/c1-5-19-13-7-15-6-12(16-13)17-8-11(9-18-4)20-14(2,3)10-17/h6-7,11H,5,8-10H2,1-4H3/t11-/m1/s1. The first-order chi connectivity index (χ1) is 9.54. The summed E-state index contributed by atoms with van der Waals surface area (Å²) in [5.74, 6) is 1.37. The van der Waals surface area contributed by atoms with Gasteiger partial charge in [-0.3, -0.25) is 4.98 Å². The number of ether oxygens (including phenoxy) is 3. The number of methoxy groups -OCH3 is 1. The molecule has 1 fully saturated rings. The second-order valence-corrected chi connectivity index (χ2v) is 5.48. The van der Waals surface area contributed by atoms with E-state index in [0.29, 0.717) is 19.1 Å². The molecule has 0 amide bonds. The van der Waals surface area contributed by atoms with Gasteiger partial charge in [0.2, 0.25) is 5.88 Å². The van der Waals surface area contributed by atoms with E-state index in [1.54, 1.807) is 19.5 Å². The summed E-state index contributed by atoms with van der Waals surface area (Å²) in [4.78, 5) is 10.9. The Morgan fingerprint density at radius 3 is 2.95 bits per heavy atom. The van der Waals surface area contributed by atoms with Gasteiger partial charge in [-0.15, -0.1) is 0 Å². The monoisotopic (exact) mass is 281 g/mol. The lowest BCUT2D eigenvalue weighted by Gasteiger charge is -2.43. The summed E-state index contributed by atoms with van der Waals surface area (Å²) >= 11 is 0. The Kier molecular flexibility index (Phi) is 4.77. The summed E-state index contributed by atoms with van der Waals surface area (Å²) in [6.07, 6.45) is 3.42. The van der Waals surface area contributed by atoms with Gasteiger partial charge < -0.3 is 19.1 Å². The molecule has 0 bridgehead atoms. The van der Waals surface area contributed by atoms with Gasteiger partial charge in [-0.2, -0.15) is 4.98 Å². The lowest BCUT2D eigenvalue weighted by Crippen LogP contribution is -2.54. The first kappa shape index (κ1) is 15.0. The van der Waals surface area contributed by atoms with Gasteiger partial charge in [0.15, 0.2) is 5.82 Å². The van der Waals surface area contributed by atoms with E-state index in [2.05, 4.69) is 28.7 Å². The van der Waals surface area contributed by atoms with Crippen LogP contribution in [-0.2, 0) is 9.47 Å². The Morgan fingerprint density at radius 1 is 1.45 bits per heavy atom. The van der Waals surface area contributed by atoms with Crippen molar-refractivity contribution in [1.82, 2.24) is 9.97 Å². The molecule has 0 spiro atoms. The molecule has 0 aliphatic carbocycles. The van der Waals surface area contributed by atoms with Gasteiger partial charge in [0.25, 0.3) is 0 Å². The third-order valence-corrected chi connectivity index (χ3v) is 3.05. The molecule has 0 unspecified atom stereocenters. The summed E-state index contributed by atoms with van der Waals surface area (Å²) in [7, 11) is 1.69. The van der Waals surface area contributed by atoms with Gasteiger partial charge >= 0.3 is 0 Å². The van der Waals surface area contributed by atoms with Crippen molar-refractivity contribution in [1.29, 1.82) is 0 Å². The maximum absolute atomic E-state index is 6.00. The molecule has 20 heavy (non-hydrogen) atoms. The summed E-state index contributed by atoms with van der Waals surface area (Å²) in [5, 5.41) is 0. The molecule has 1 atom stereocenters. The molecule has 112 valence electrons. The van der Waals surface area contributed by atoms with E-state index >= 15 is 0 Å². The molecule has 1 aromatic rings. The van der Waals surface area contributed by atoms with Gasteiger partial charge in [0.05, 0.1) is 37.3 Å². The predicted octanol–water partition coefficient (Wildman–Crippen LogP) is 1.51.